The maximum Gasteiger partial charge on any atom is 0.407 e. The number of carbonyl (C=O) groups is 1. The number of hydrogen-bond donors (Lipinski definition) is 1. The molecule has 0 aliphatic carbocycles. The van der Waals surface area contributed by atoms with E-state index in [1.54, 1.807) is 4.68 Å². The molecule has 1 saturated heterocycles. The molecule has 2 heterocycles. The fourth-order valence-corrected chi connectivity index (χ4v) is 2.58. The van der Waals surface area contributed by atoms with Gasteiger partial charge in [0.1, 0.15) is 0 Å². The minimum Gasteiger partial charge on any atom is -0.465 e. The van der Waals surface area contributed by atoms with Crippen molar-refractivity contribution < 1.29 is 9.90 Å². The summed E-state index contributed by atoms with van der Waals surface area (Å²) in [7, 11) is 0. The molecule has 1 atom stereocenters. The van der Waals surface area contributed by atoms with E-state index in [4.69, 9.17) is 0 Å². The van der Waals surface area contributed by atoms with Gasteiger partial charge in [0.05, 0.1) is 12.6 Å². The quantitative estimate of drug-likeness (QED) is 0.916. The van der Waals surface area contributed by atoms with Crippen molar-refractivity contribution in [1.29, 1.82) is 0 Å². The van der Waals surface area contributed by atoms with Crippen LogP contribution in [0.15, 0.2) is 30.3 Å². The van der Waals surface area contributed by atoms with Gasteiger partial charge in [-0.25, -0.2) is 9.48 Å². The lowest BCUT2D eigenvalue weighted by Crippen LogP contribution is -2.30. The number of tetrazole rings is 1. The average molecular weight is 273 g/mol. The summed E-state index contributed by atoms with van der Waals surface area (Å²) in [5.74, 6) is 0.619. The van der Waals surface area contributed by atoms with Crippen molar-refractivity contribution in [2.45, 2.75) is 25.4 Å². The van der Waals surface area contributed by atoms with E-state index in [1.165, 1.54) is 4.90 Å². The first kappa shape index (κ1) is 12.6. The first-order valence-corrected chi connectivity index (χ1v) is 6.55. The van der Waals surface area contributed by atoms with Crippen LogP contribution < -0.4 is 0 Å². The number of hydrogen-bond acceptors (Lipinski definition) is 4. The van der Waals surface area contributed by atoms with Crippen LogP contribution in [0.1, 0.15) is 30.3 Å². The Kier molecular flexibility index (Phi) is 3.32. The fraction of sp³-hybridized carbons (Fsp3) is 0.385. The van der Waals surface area contributed by atoms with Gasteiger partial charge in [0.2, 0.25) is 0 Å². The first-order chi connectivity index (χ1) is 9.75. The van der Waals surface area contributed by atoms with Gasteiger partial charge in [0.15, 0.2) is 5.82 Å². The zero-order chi connectivity index (χ0) is 13.9. The van der Waals surface area contributed by atoms with Crippen molar-refractivity contribution in [3.8, 4) is 0 Å². The molecule has 1 fully saturated rings. The van der Waals surface area contributed by atoms with Gasteiger partial charge in [-0.2, -0.15) is 0 Å². The van der Waals surface area contributed by atoms with Crippen molar-refractivity contribution in [2.75, 3.05) is 6.54 Å². The zero-order valence-corrected chi connectivity index (χ0v) is 10.9. The van der Waals surface area contributed by atoms with Crippen molar-refractivity contribution >= 4 is 6.09 Å². The molecule has 7 heteroatoms. The molecule has 20 heavy (non-hydrogen) atoms. The van der Waals surface area contributed by atoms with E-state index < -0.39 is 6.09 Å². The number of benzene rings is 1. The Morgan fingerprint density at radius 3 is 2.90 bits per heavy atom. The summed E-state index contributed by atoms with van der Waals surface area (Å²) in [5.41, 5.74) is 1.08. The lowest BCUT2D eigenvalue weighted by Gasteiger charge is -2.20. The molecular weight excluding hydrogens is 258 g/mol. The second-order valence-electron chi connectivity index (χ2n) is 4.81. The van der Waals surface area contributed by atoms with Crippen LogP contribution in [0.5, 0.6) is 0 Å². The third-order valence-corrected chi connectivity index (χ3v) is 3.53. The van der Waals surface area contributed by atoms with E-state index in [0.717, 1.165) is 18.4 Å². The summed E-state index contributed by atoms with van der Waals surface area (Å²) in [6, 6.07) is 9.61. The molecule has 7 nitrogen and oxygen atoms in total. The second-order valence-corrected chi connectivity index (χ2v) is 4.81. The minimum atomic E-state index is -0.915. The molecule has 1 amide bonds. The van der Waals surface area contributed by atoms with Gasteiger partial charge in [-0.15, -0.1) is 5.10 Å². The molecule has 0 radical (unpaired) electrons. The maximum absolute atomic E-state index is 11.2. The topological polar surface area (TPSA) is 84.1 Å². The summed E-state index contributed by atoms with van der Waals surface area (Å²) in [6.07, 6.45) is 0.693. The van der Waals surface area contributed by atoms with E-state index >= 15 is 0 Å². The molecule has 1 aliphatic heterocycles. The molecule has 3 rings (SSSR count). The summed E-state index contributed by atoms with van der Waals surface area (Å²) in [4.78, 5) is 12.6. The SMILES string of the molecule is O=C(O)N1CCC[C@H]1c1nnnn1Cc1ccccc1. The lowest BCUT2D eigenvalue weighted by molar-refractivity contribution is 0.137. The lowest BCUT2D eigenvalue weighted by atomic mass is 10.2. The van der Waals surface area contributed by atoms with E-state index in [2.05, 4.69) is 15.5 Å². The van der Waals surface area contributed by atoms with Crippen LogP contribution in [0.3, 0.4) is 0 Å². The number of nitrogens with zero attached hydrogens (tertiary/aromatic N) is 5. The Labute approximate surface area is 115 Å². The predicted octanol–water partition coefficient (Wildman–Crippen LogP) is 1.54. The van der Waals surface area contributed by atoms with Gasteiger partial charge in [-0.05, 0) is 28.8 Å². The first-order valence-electron chi connectivity index (χ1n) is 6.55. The average Bonchev–Trinajstić information content (AvgIpc) is 3.07. The van der Waals surface area contributed by atoms with Gasteiger partial charge in [-0.1, -0.05) is 30.3 Å². The Balaban J connectivity index is 1.85. The number of carboxylic acid groups (broad SMARTS) is 1. The highest BCUT2D eigenvalue weighted by Crippen LogP contribution is 2.30. The fourth-order valence-electron chi connectivity index (χ4n) is 2.58. The zero-order valence-electron chi connectivity index (χ0n) is 10.9. The Hall–Kier alpha value is -2.44. The number of likely N-dealkylation sites (tertiary alicyclic amines) is 1. The van der Waals surface area contributed by atoms with Crippen LogP contribution in [0.25, 0.3) is 0 Å². The Morgan fingerprint density at radius 1 is 1.35 bits per heavy atom. The molecule has 1 aliphatic rings. The summed E-state index contributed by atoms with van der Waals surface area (Å²) < 4.78 is 1.68. The second kappa shape index (κ2) is 5.28. The van der Waals surface area contributed by atoms with Crippen LogP contribution in [-0.4, -0.2) is 42.9 Å². The van der Waals surface area contributed by atoms with Crippen LogP contribution in [0, 0.1) is 0 Å². The number of rotatable bonds is 3. The van der Waals surface area contributed by atoms with Crippen LogP contribution in [0.4, 0.5) is 4.79 Å². The summed E-state index contributed by atoms with van der Waals surface area (Å²) in [5, 5.41) is 20.9. The summed E-state index contributed by atoms with van der Waals surface area (Å²) >= 11 is 0. The van der Waals surface area contributed by atoms with E-state index in [-0.39, 0.29) is 6.04 Å². The number of aromatic nitrogens is 4. The van der Waals surface area contributed by atoms with Crippen molar-refractivity contribution in [3.05, 3.63) is 41.7 Å². The van der Waals surface area contributed by atoms with Crippen molar-refractivity contribution in [3.63, 3.8) is 0 Å². The Bertz CT molecular complexity index is 598. The van der Waals surface area contributed by atoms with Gasteiger partial charge >= 0.3 is 6.09 Å². The predicted molar refractivity (Wildman–Crippen MR) is 70.1 cm³/mol. The van der Waals surface area contributed by atoms with Crippen LogP contribution in [0.2, 0.25) is 0 Å². The maximum atomic E-state index is 11.2. The molecule has 0 spiro atoms. The smallest absolute Gasteiger partial charge is 0.407 e. The van der Waals surface area contributed by atoms with Crippen LogP contribution in [-0.2, 0) is 6.54 Å². The molecule has 2 aromatic rings. The minimum absolute atomic E-state index is 0.244. The molecular formula is C13H15N5O2. The standard InChI is InChI=1S/C13H15N5O2/c19-13(20)17-8-4-7-11(17)12-14-15-16-18(12)9-10-5-2-1-3-6-10/h1-3,5-6,11H,4,7-9H2,(H,19,20)/t11-/m0/s1. The summed E-state index contributed by atoms with van der Waals surface area (Å²) in [6.45, 7) is 1.09. The van der Waals surface area contributed by atoms with E-state index in [9.17, 15) is 9.90 Å². The van der Waals surface area contributed by atoms with Crippen molar-refractivity contribution in [1.82, 2.24) is 25.1 Å². The van der Waals surface area contributed by atoms with E-state index in [0.29, 0.717) is 18.9 Å². The van der Waals surface area contributed by atoms with Gasteiger partial charge < -0.3 is 5.11 Å². The monoisotopic (exact) mass is 273 g/mol. The molecule has 104 valence electrons. The molecule has 0 unspecified atom stereocenters. The normalized spacial score (nSPS) is 18.4. The van der Waals surface area contributed by atoms with Crippen LogP contribution >= 0.6 is 0 Å². The highest BCUT2D eigenvalue weighted by atomic mass is 16.4. The van der Waals surface area contributed by atoms with E-state index in [1.807, 2.05) is 30.3 Å². The van der Waals surface area contributed by atoms with Gasteiger partial charge in [-0.3, -0.25) is 4.90 Å². The van der Waals surface area contributed by atoms with Gasteiger partial charge in [0, 0.05) is 6.54 Å². The molecule has 0 saturated carbocycles. The van der Waals surface area contributed by atoms with Crippen molar-refractivity contribution in [2.24, 2.45) is 0 Å². The largest absolute Gasteiger partial charge is 0.465 e. The third-order valence-electron chi connectivity index (χ3n) is 3.53. The molecule has 1 aromatic carbocycles. The van der Waals surface area contributed by atoms with Gasteiger partial charge in [0.25, 0.3) is 0 Å². The highest BCUT2D eigenvalue weighted by Gasteiger charge is 2.33. The number of amides is 1. The molecule has 1 N–H and O–H groups in total. The Morgan fingerprint density at radius 2 is 2.15 bits per heavy atom. The third kappa shape index (κ3) is 2.34. The molecule has 1 aromatic heterocycles. The molecule has 0 bridgehead atoms. The highest BCUT2D eigenvalue weighted by molar-refractivity contribution is 5.66.